The lowest BCUT2D eigenvalue weighted by Crippen LogP contribution is -2.43. The molecule has 0 radical (unpaired) electrons. The lowest BCUT2D eigenvalue weighted by atomic mass is 10.2. The van der Waals surface area contributed by atoms with Crippen molar-refractivity contribution in [3.05, 3.63) is 63.1 Å². The molecule has 0 spiro atoms. The van der Waals surface area contributed by atoms with Crippen molar-refractivity contribution >= 4 is 39.3 Å². The van der Waals surface area contributed by atoms with Gasteiger partial charge in [-0.2, -0.15) is 0 Å². The minimum absolute atomic E-state index is 0.221. The molecule has 0 aromatic heterocycles. The van der Waals surface area contributed by atoms with Crippen LogP contribution in [0, 0.1) is 6.92 Å². The van der Waals surface area contributed by atoms with Crippen LogP contribution in [0.4, 0.5) is 0 Å². The Bertz CT molecular complexity index is 737. The first-order valence-electron chi connectivity index (χ1n) is 6.69. The summed E-state index contributed by atoms with van der Waals surface area (Å²) in [5.41, 5.74) is 5.87. The normalized spacial score (nSPS) is 10.0. The summed E-state index contributed by atoms with van der Waals surface area (Å²) in [7, 11) is 0. The standard InChI is InChI=1S/C16H14BrClN2O3/c1-10-7-13(18)5-6-14(10)23-9-15(21)19-20-16(22)11-3-2-4-12(17)8-11/h2-8H,9H2,1H3,(H,19,21)(H,20,22). The van der Waals surface area contributed by atoms with E-state index in [1.165, 1.54) is 0 Å². The minimum Gasteiger partial charge on any atom is -0.483 e. The molecule has 0 fully saturated rings. The Labute approximate surface area is 147 Å². The highest BCUT2D eigenvalue weighted by Crippen LogP contribution is 2.21. The van der Waals surface area contributed by atoms with E-state index >= 15 is 0 Å². The molecular weight excluding hydrogens is 384 g/mol. The van der Waals surface area contributed by atoms with Crippen LogP contribution in [0.2, 0.25) is 5.02 Å². The van der Waals surface area contributed by atoms with Gasteiger partial charge in [0.05, 0.1) is 0 Å². The zero-order valence-electron chi connectivity index (χ0n) is 12.2. The van der Waals surface area contributed by atoms with E-state index in [1.54, 1.807) is 42.5 Å². The number of amides is 2. The van der Waals surface area contributed by atoms with E-state index in [0.717, 1.165) is 10.0 Å². The molecule has 0 aliphatic heterocycles. The van der Waals surface area contributed by atoms with Crippen molar-refractivity contribution in [2.75, 3.05) is 6.61 Å². The second-order valence-corrected chi connectivity index (χ2v) is 6.06. The average molecular weight is 398 g/mol. The van der Waals surface area contributed by atoms with Gasteiger partial charge in [-0.15, -0.1) is 0 Å². The number of aryl methyl sites for hydroxylation is 1. The molecule has 7 heteroatoms. The van der Waals surface area contributed by atoms with Crippen LogP contribution in [-0.2, 0) is 4.79 Å². The van der Waals surface area contributed by atoms with Gasteiger partial charge in [0.15, 0.2) is 6.61 Å². The summed E-state index contributed by atoms with van der Waals surface area (Å²) < 4.78 is 6.16. The number of halogens is 2. The molecular formula is C16H14BrClN2O3. The van der Waals surface area contributed by atoms with Crippen LogP contribution in [0.3, 0.4) is 0 Å². The first-order chi connectivity index (χ1) is 11.0. The van der Waals surface area contributed by atoms with Crippen molar-refractivity contribution in [1.29, 1.82) is 0 Å². The summed E-state index contributed by atoms with van der Waals surface area (Å²) >= 11 is 9.12. The van der Waals surface area contributed by atoms with Crippen molar-refractivity contribution in [3.63, 3.8) is 0 Å². The quantitative estimate of drug-likeness (QED) is 0.778. The summed E-state index contributed by atoms with van der Waals surface area (Å²) in [6, 6.07) is 11.9. The Morgan fingerprint density at radius 2 is 1.96 bits per heavy atom. The molecule has 2 N–H and O–H groups in total. The third kappa shape index (κ3) is 5.26. The van der Waals surface area contributed by atoms with E-state index < -0.39 is 11.8 Å². The van der Waals surface area contributed by atoms with Crippen LogP contribution in [-0.4, -0.2) is 18.4 Å². The number of nitrogens with one attached hydrogen (secondary N) is 2. The van der Waals surface area contributed by atoms with Gasteiger partial charge in [0, 0.05) is 15.1 Å². The number of carbonyl (C=O) groups excluding carboxylic acids is 2. The van der Waals surface area contributed by atoms with Gasteiger partial charge in [0.25, 0.3) is 11.8 Å². The van der Waals surface area contributed by atoms with Crippen molar-refractivity contribution in [2.45, 2.75) is 6.92 Å². The zero-order chi connectivity index (χ0) is 16.8. The van der Waals surface area contributed by atoms with E-state index in [1.807, 2.05) is 6.92 Å². The van der Waals surface area contributed by atoms with Crippen LogP contribution in [0.25, 0.3) is 0 Å². The fourth-order valence-corrected chi connectivity index (χ4v) is 2.41. The second kappa shape index (κ2) is 7.99. The number of hydrazine groups is 1. The Hall–Kier alpha value is -2.05. The van der Waals surface area contributed by atoms with Crippen molar-refractivity contribution in [1.82, 2.24) is 10.9 Å². The Morgan fingerprint density at radius 3 is 2.65 bits per heavy atom. The highest BCUT2D eigenvalue weighted by atomic mass is 79.9. The van der Waals surface area contributed by atoms with Crippen molar-refractivity contribution in [2.24, 2.45) is 0 Å². The molecule has 0 bridgehead atoms. The molecule has 0 aliphatic rings. The maximum atomic E-state index is 11.9. The zero-order valence-corrected chi connectivity index (χ0v) is 14.6. The molecule has 2 rings (SSSR count). The highest BCUT2D eigenvalue weighted by molar-refractivity contribution is 9.10. The number of hydrogen-bond donors (Lipinski definition) is 2. The molecule has 0 heterocycles. The van der Waals surface area contributed by atoms with E-state index in [2.05, 4.69) is 26.8 Å². The predicted octanol–water partition coefficient (Wildman–Crippen LogP) is 3.25. The fraction of sp³-hybridized carbons (Fsp3) is 0.125. The molecule has 2 amide bonds. The SMILES string of the molecule is Cc1cc(Cl)ccc1OCC(=O)NNC(=O)c1cccc(Br)c1. The summed E-state index contributed by atoms with van der Waals surface area (Å²) in [6.07, 6.45) is 0. The van der Waals surface area contributed by atoms with Gasteiger partial charge < -0.3 is 4.74 Å². The molecule has 0 saturated heterocycles. The fourth-order valence-electron chi connectivity index (χ4n) is 1.78. The molecule has 0 aliphatic carbocycles. The third-order valence-corrected chi connectivity index (χ3v) is 3.63. The number of benzene rings is 2. The maximum Gasteiger partial charge on any atom is 0.276 e. The van der Waals surface area contributed by atoms with Crippen LogP contribution >= 0.6 is 27.5 Å². The summed E-state index contributed by atoms with van der Waals surface area (Å²) in [4.78, 5) is 23.6. The molecule has 120 valence electrons. The Balaban J connectivity index is 1.82. The second-order valence-electron chi connectivity index (χ2n) is 4.71. The summed E-state index contributed by atoms with van der Waals surface area (Å²) in [5.74, 6) is -0.326. The molecule has 2 aromatic rings. The van der Waals surface area contributed by atoms with E-state index in [0.29, 0.717) is 16.3 Å². The minimum atomic E-state index is -0.470. The van der Waals surface area contributed by atoms with Crippen molar-refractivity contribution in [3.8, 4) is 5.75 Å². The Morgan fingerprint density at radius 1 is 1.17 bits per heavy atom. The van der Waals surface area contributed by atoms with Crippen LogP contribution in [0.1, 0.15) is 15.9 Å². The van der Waals surface area contributed by atoms with Gasteiger partial charge in [-0.25, -0.2) is 0 Å². The monoisotopic (exact) mass is 396 g/mol. The Kier molecular flexibility index (Phi) is 6.01. The molecule has 0 atom stereocenters. The molecule has 23 heavy (non-hydrogen) atoms. The van der Waals surface area contributed by atoms with Crippen molar-refractivity contribution < 1.29 is 14.3 Å². The number of carbonyl (C=O) groups is 2. The molecule has 5 nitrogen and oxygen atoms in total. The number of rotatable bonds is 4. The summed E-state index contributed by atoms with van der Waals surface area (Å²) in [6.45, 7) is 1.61. The smallest absolute Gasteiger partial charge is 0.276 e. The maximum absolute atomic E-state index is 11.9. The van der Waals surface area contributed by atoms with Gasteiger partial charge >= 0.3 is 0 Å². The van der Waals surface area contributed by atoms with Gasteiger partial charge in [-0.1, -0.05) is 33.6 Å². The largest absolute Gasteiger partial charge is 0.483 e. The van der Waals surface area contributed by atoms with Gasteiger partial charge in [0.1, 0.15) is 5.75 Å². The van der Waals surface area contributed by atoms with E-state index in [9.17, 15) is 9.59 Å². The molecule has 0 saturated carbocycles. The highest BCUT2D eigenvalue weighted by Gasteiger charge is 2.09. The summed E-state index contributed by atoms with van der Waals surface area (Å²) in [5, 5.41) is 0.598. The number of hydrogen-bond acceptors (Lipinski definition) is 3. The van der Waals surface area contributed by atoms with Gasteiger partial charge in [0.2, 0.25) is 0 Å². The van der Waals surface area contributed by atoms with Crippen LogP contribution in [0.15, 0.2) is 46.9 Å². The van der Waals surface area contributed by atoms with Gasteiger partial charge in [-0.05, 0) is 48.9 Å². The predicted molar refractivity (Wildman–Crippen MR) is 91.4 cm³/mol. The topological polar surface area (TPSA) is 67.4 Å². The number of ether oxygens (including phenoxy) is 1. The lowest BCUT2D eigenvalue weighted by molar-refractivity contribution is -0.123. The van der Waals surface area contributed by atoms with E-state index in [-0.39, 0.29) is 6.61 Å². The van der Waals surface area contributed by atoms with Gasteiger partial charge in [-0.3, -0.25) is 20.4 Å². The third-order valence-electron chi connectivity index (χ3n) is 2.90. The first kappa shape index (κ1) is 17.3. The van der Waals surface area contributed by atoms with E-state index in [4.69, 9.17) is 16.3 Å². The molecule has 2 aromatic carbocycles. The van der Waals surface area contributed by atoms with Crippen LogP contribution < -0.4 is 15.6 Å². The lowest BCUT2D eigenvalue weighted by Gasteiger charge is -2.10. The average Bonchev–Trinajstić information content (AvgIpc) is 2.51. The molecule has 0 unspecified atom stereocenters. The van der Waals surface area contributed by atoms with Crippen LogP contribution in [0.5, 0.6) is 5.75 Å². The first-order valence-corrected chi connectivity index (χ1v) is 7.86.